The molecule has 0 aliphatic heterocycles. The first-order valence-corrected chi connectivity index (χ1v) is 8.88. The Hall–Kier alpha value is -3.32. The maximum atomic E-state index is 5.93. The molecule has 0 spiro atoms. The maximum absolute atomic E-state index is 5.93. The van der Waals surface area contributed by atoms with Crippen LogP contribution in [-0.4, -0.2) is 29.3 Å². The van der Waals surface area contributed by atoms with Crippen molar-refractivity contribution in [3.63, 3.8) is 0 Å². The van der Waals surface area contributed by atoms with E-state index in [2.05, 4.69) is 20.4 Å². The van der Waals surface area contributed by atoms with Crippen LogP contribution in [0.25, 0.3) is 22.2 Å². The molecular weight excluding hydrogens is 380 g/mol. The van der Waals surface area contributed by atoms with Gasteiger partial charge in [-0.3, -0.25) is 0 Å². The highest BCUT2D eigenvalue weighted by Crippen LogP contribution is 2.33. The Morgan fingerprint density at radius 1 is 1.00 bits per heavy atom. The number of benzene rings is 2. The molecule has 0 aliphatic rings. The first-order chi connectivity index (χ1) is 13.7. The highest BCUT2D eigenvalue weighted by Gasteiger charge is 2.12. The zero-order valence-electron chi connectivity index (χ0n) is 15.3. The number of hydrogen-bond donors (Lipinski definition) is 1. The van der Waals surface area contributed by atoms with Gasteiger partial charge < -0.3 is 19.3 Å². The fraction of sp³-hybridized carbons (Fsp3) is 0.150. The molecule has 0 amide bonds. The van der Waals surface area contributed by atoms with Crippen molar-refractivity contribution in [1.29, 1.82) is 0 Å². The quantitative estimate of drug-likeness (QED) is 0.511. The van der Waals surface area contributed by atoms with E-state index in [1.165, 1.54) is 6.33 Å². The maximum Gasteiger partial charge on any atom is 0.162 e. The van der Waals surface area contributed by atoms with Crippen molar-refractivity contribution in [2.45, 2.75) is 6.54 Å². The van der Waals surface area contributed by atoms with Crippen LogP contribution < -0.4 is 14.8 Å². The molecule has 28 heavy (non-hydrogen) atoms. The second-order valence-corrected chi connectivity index (χ2v) is 6.42. The zero-order chi connectivity index (χ0) is 19.5. The van der Waals surface area contributed by atoms with E-state index in [0.717, 1.165) is 22.2 Å². The van der Waals surface area contributed by atoms with Gasteiger partial charge in [0.25, 0.3) is 0 Å². The fourth-order valence-electron chi connectivity index (χ4n) is 2.85. The van der Waals surface area contributed by atoms with Gasteiger partial charge in [0.15, 0.2) is 17.3 Å². The number of anilines is 1. The molecular formula is C20H17ClN4O3. The lowest BCUT2D eigenvalue weighted by Gasteiger charge is -2.11. The second kappa shape index (κ2) is 7.74. The number of methoxy groups -OCH3 is 2. The van der Waals surface area contributed by atoms with Crippen molar-refractivity contribution in [2.75, 3.05) is 19.5 Å². The first kappa shape index (κ1) is 18.1. The van der Waals surface area contributed by atoms with Crippen LogP contribution in [0.3, 0.4) is 0 Å². The van der Waals surface area contributed by atoms with Gasteiger partial charge in [0, 0.05) is 28.1 Å². The van der Waals surface area contributed by atoms with Gasteiger partial charge in [-0.05, 0) is 18.2 Å². The Kier molecular flexibility index (Phi) is 4.99. The molecule has 0 radical (unpaired) electrons. The van der Waals surface area contributed by atoms with E-state index < -0.39 is 0 Å². The normalized spacial score (nSPS) is 10.8. The summed E-state index contributed by atoms with van der Waals surface area (Å²) in [6, 6.07) is 13.0. The van der Waals surface area contributed by atoms with Crippen molar-refractivity contribution in [3.8, 4) is 22.8 Å². The van der Waals surface area contributed by atoms with Crippen LogP contribution in [0.1, 0.15) is 5.76 Å². The summed E-state index contributed by atoms with van der Waals surface area (Å²) in [5.74, 6) is 2.56. The minimum atomic E-state index is 0.418. The van der Waals surface area contributed by atoms with Crippen molar-refractivity contribution in [2.24, 2.45) is 0 Å². The Morgan fingerprint density at radius 3 is 2.50 bits per heavy atom. The summed E-state index contributed by atoms with van der Waals surface area (Å²) in [6.07, 6.45) is 1.50. The van der Waals surface area contributed by atoms with E-state index in [4.69, 9.17) is 25.6 Å². The molecule has 0 aliphatic carbocycles. The number of aromatic nitrogens is 3. The van der Waals surface area contributed by atoms with E-state index in [-0.39, 0.29) is 0 Å². The summed E-state index contributed by atoms with van der Waals surface area (Å²) >= 11 is 5.93. The van der Waals surface area contributed by atoms with Crippen LogP contribution in [0.4, 0.5) is 5.82 Å². The molecule has 0 bridgehead atoms. The standard InChI is InChI=1S/C20H17ClN4O3/c1-26-18-8-15-17(9-19(18)27-2)23-11-24-20(15)22-10-14-7-16(25-28-14)12-3-5-13(21)6-4-12/h3-9,11H,10H2,1-2H3,(H,22,23,24). The van der Waals surface area contributed by atoms with Crippen molar-refractivity contribution >= 4 is 28.3 Å². The van der Waals surface area contributed by atoms with Gasteiger partial charge in [-0.25, -0.2) is 9.97 Å². The molecule has 2 heterocycles. The summed E-state index contributed by atoms with van der Waals surface area (Å²) in [7, 11) is 3.18. The number of nitrogens with one attached hydrogen (secondary N) is 1. The van der Waals surface area contributed by atoms with Crippen molar-refractivity contribution < 1.29 is 14.0 Å². The molecule has 0 fully saturated rings. The molecule has 0 unspecified atom stereocenters. The predicted molar refractivity (Wildman–Crippen MR) is 107 cm³/mol. The molecule has 4 rings (SSSR count). The fourth-order valence-corrected chi connectivity index (χ4v) is 2.97. The van der Waals surface area contributed by atoms with Crippen molar-refractivity contribution in [3.05, 3.63) is 59.6 Å². The third kappa shape index (κ3) is 3.57. The van der Waals surface area contributed by atoms with Crippen LogP contribution in [0.5, 0.6) is 11.5 Å². The van der Waals surface area contributed by atoms with E-state index in [9.17, 15) is 0 Å². The molecule has 2 aromatic carbocycles. The average Bonchev–Trinajstić information content (AvgIpc) is 3.20. The number of nitrogens with zero attached hydrogens (tertiary/aromatic N) is 3. The van der Waals surface area contributed by atoms with Gasteiger partial charge in [-0.15, -0.1) is 0 Å². The molecule has 8 heteroatoms. The van der Waals surface area contributed by atoms with Gasteiger partial charge in [0.1, 0.15) is 17.8 Å². The van der Waals surface area contributed by atoms with Gasteiger partial charge in [-0.2, -0.15) is 0 Å². The lowest BCUT2D eigenvalue weighted by atomic mass is 10.1. The van der Waals surface area contributed by atoms with Gasteiger partial charge in [0.05, 0.1) is 26.3 Å². The lowest BCUT2D eigenvalue weighted by Crippen LogP contribution is -2.02. The number of halogens is 1. The average molecular weight is 397 g/mol. The molecule has 7 nitrogen and oxygen atoms in total. The Labute approximate surface area is 166 Å². The van der Waals surface area contributed by atoms with Crippen LogP contribution in [-0.2, 0) is 6.54 Å². The molecule has 1 N–H and O–H groups in total. The minimum Gasteiger partial charge on any atom is -0.493 e. The summed E-state index contributed by atoms with van der Waals surface area (Å²) in [5.41, 5.74) is 2.42. The number of rotatable bonds is 6. The topological polar surface area (TPSA) is 82.3 Å². The summed E-state index contributed by atoms with van der Waals surface area (Å²) in [5, 5.41) is 8.87. The number of fused-ring (bicyclic) bond motifs is 1. The third-order valence-electron chi connectivity index (χ3n) is 4.27. The number of ether oxygens (including phenoxy) is 2. The van der Waals surface area contributed by atoms with Gasteiger partial charge in [-0.1, -0.05) is 28.9 Å². The van der Waals surface area contributed by atoms with E-state index in [0.29, 0.717) is 34.6 Å². The molecule has 4 aromatic rings. The molecule has 0 saturated carbocycles. The number of hydrogen-bond acceptors (Lipinski definition) is 7. The monoisotopic (exact) mass is 396 g/mol. The molecule has 0 saturated heterocycles. The predicted octanol–water partition coefficient (Wildman–Crippen LogP) is 4.57. The smallest absolute Gasteiger partial charge is 0.162 e. The summed E-state index contributed by atoms with van der Waals surface area (Å²) in [4.78, 5) is 8.63. The third-order valence-corrected chi connectivity index (χ3v) is 4.52. The highest BCUT2D eigenvalue weighted by atomic mass is 35.5. The lowest BCUT2D eigenvalue weighted by molar-refractivity contribution is 0.356. The van der Waals surface area contributed by atoms with Crippen LogP contribution in [0.2, 0.25) is 5.02 Å². The highest BCUT2D eigenvalue weighted by molar-refractivity contribution is 6.30. The van der Waals surface area contributed by atoms with Crippen LogP contribution in [0.15, 0.2) is 53.3 Å². The van der Waals surface area contributed by atoms with Crippen molar-refractivity contribution in [1.82, 2.24) is 15.1 Å². The largest absolute Gasteiger partial charge is 0.493 e. The zero-order valence-corrected chi connectivity index (χ0v) is 16.0. The Bertz CT molecular complexity index is 1110. The SMILES string of the molecule is COc1cc2ncnc(NCc3cc(-c4ccc(Cl)cc4)no3)c2cc1OC. The van der Waals surface area contributed by atoms with E-state index >= 15 is 0 Å². The van der Waals surface area contributed by atoms with E-state index in [1.807, 2.05) is 42.5 Å². The minimum absolute atomic E-state index is 0.418. The van der Waals surface area contributed by atoms with Crippen LogP contribution in [0, 0.1) is 0 Å². The van der Waals surface area contributed by atoms with E-state index in [1.54, 1.807) is 14.2 Å². The molecule has 0 atom stereocenters. The summed E-state index contributed by atoms with van der Waals surface area (Å²) in [6.45, 7) is 0.418. The Balaban J connectivity index is 1.57. The molecule has 2 aromatic heterocycles. The second-order valence-electron chi connectivity index (χ2n) is 5.99. The molecule has 142 valence electrons. The summed E-state index contributed by atoms with van der Waals surface area (Å²) < 4.78 is 16.1. The Morgan fingerprint density at radius 2 is 1.75 bits per heavy atom. The van der Waals surface area contributed by atoms with Gasteiger partial charge in [0.2, 0.25) is 0 Å². The van der Waals surface area contributed by atoms with Gasteiger partial charge >= 0.3 is 0 Å². The first-order valence-electron chi connectivity index (χ1n) is 8.50. The van der Waals surface area contributed by atoms with Crippen LogP contribution >= 0.6 is 11.6 Å².